The smallest absolute Gasteiger partial charge is 0.164 e. The Hall–Kier alpha value is -2.14. The topological polar surface area (TPSA) is 47.3 Å². The van der Waals surface area contributed by atoms with Crippen molar-refractivity contribution in [2.75, 3.05) is 19.0 Å². The van der Waals surface area contributed by atoms with Gasteiger partial charge in [-0.25, -0.2) is 8.78 Å². The molecule has 2 aromatic rings. The molecular formula is C15H16F2N2O. The molecule has 0 fully saturated rings. The summed E-state index contributed by atoms with van der Waals surface area (Å²) in [5.74, 6) is -1.16. The molecule has 0 aliphatic rings. The third-order valence-electron chi connectivity index (χ3n) is 3.03. The lowest BCUT2D eigenvalue weighted by Crippen LogP contribution is -2.22. The van der Waals surface area contributed by atoms with E-state index >= 15 is 0 Å². The van der Waals surface area contributed by atoms with Gasteiger partial charge in [0.1, 0.15) is 5.75 Å². The zero-order chi connectivity index (χ0) is 14.5. The Morgan fingerprint density at radius 1 is 1.15 bits per heavy atom. The van der Waals surface area contributed by atoms with Crippen LogP contribution in [-0.4, -0.2) is 13.7 Å². The Balaban J connectivity index is 2.31. The highest BCUT2D eigenvalue weighted by Gasteiger charge is 2.18. The summed E-state index contributed by atoms with van der Waals surface area (Å²) in [7, 11) is 1.54. The summed E-state index contributed by atoms with van der Waals surface area (Å²) >= 11 is 0. The van der Waals surface area contributed by atoms with Gasteiger partial charge in [-0.1, -0.05) is 24.3 Å². The van der Waals surface area contributed by atoms with Crippen LogP contribution in [0.3, 0.4) is 0 Å². The third kappa shape index (κ3) is 2.88. The zero-order valence-corrected chi connectivity index (χ0v) is 11.1. The molecule has 0 heterocycles. The van der Waals surface area contributed by atoms with Crippen LogP contribution in [0.2, 0.25) is 0 Å². The highest BCUT2D eigenvalue weighted by Crippen LogP contribution is 2.28. The molecule has 3 N–H and O–H groups in total. The quantitative estimate of drug-likeness (QED) is 0.883. The first kappa shape index (κ1) is 14.3. The maximum atomic E-state index is 13.8. The first-order valence-electron chi connectivity index (χ1n) is 6.21. The number of nitrogens with one attached hydrogen (secondary N) is 1. The van der Waals surface area contributed by atoms with Crippen molar-refractivity contribution >= 4 is 5.69 Å². The molecule has 0 saturated carbocycles. The van der Waals surface area contributed by atoms with E-state index < -0.39 is 17.7 Å². The van der Waals surface area contributed by atoms with Crippen LogP contribution in [0, 0.1) is 11.6 Å². The molecule has 0 aliphatic heterocycles. The highest BCUT2D eigenvalue weighted by molar-refractivity contribution is 5.57. The van der Waals surface area contributed by atoms with Crippen LogP contribution in [0.15, 0.2) is 42.5 Å². The van der Waals surface area contributed by atoms with Crippen molar-refractivity contribution in [2.24, 2.45) is 5.73 Å². The molecule has 0 radical (unpaired) electrons. The number of nitrogens with two attached hydrogens (primary N) is 1. The highest BCUT2D eigenvalue weighted by atomic mass is 19.2. The average Bonchev–Trinajstić information content (AvgIpc) is 2.48. The fraction of sp³-hybridized carbons (Fsp3) is 0.200. The van der Waals surface area contributed by atoms with Crippen molar-refractivity contribution in [3.8, 4) is 5.75 Å². The van der Waals surface area contributed by atoms with E-state index in [-0.39, 0.29) is 12.1 Å². The molecule has 0 bridgehead atoms. The van der Waals surface area contributed by atoms with E-state index in [1.54, 1.807) is 19.2 Å². The molecule has 1 unspecified atom stereocenters. The molecule has 20 heavy (non-hydrogen) atoms. The number of benzene rings is 2. The van der Waals surface area contributed by atoms with Crippen molar-refractivity contribution in [3.63, 3.8) is 0 Å². The van der Waals surface area contributed by atoms with E-state index in [1.165, 1.54) is 12.1 Å². The van der Waals surface area contributed by atoms with Crippen LogP contribution < -0.4 is 15.8 Å². The maximum Gasteiger partial charge on any atom is 0.164 e. The van der Waals surface area contributed by atoms with Crippen LogP contribution in [-0.2, 0) is 0 Å². The number of anilines is 1. The summed E-state index contributed by atoms with van der Waals surface area (Å²) in [5, 5.41) is 3.08. The minimum atomic E-state index is -0.886. The molecule has 0 spiro atoms. The lowest BCUT2D eigenvalue weighted by Gasteiger charge is -2.20. The van der Waals surface area contributed by atoms with Gasteiger partial charge in [-0.05, 0) is 18.2 Å². The second-order valence-corrected chi connectivity index (χ2v) is 4.28. The Bertz CT molecular complexity index is 590. The van der Waals surface area contributed by atoms with Crippen LogP contribution >= 0.6 is 0 Å². The number of ether oxygens (including phenoxy) is 1. The summed E-state index contributed by atoms with van der Waals surface area (Å²) in [6.07, 6.45) is 0. The molecule has 1 atom stereocenters. The Labute approximate surface area is 116 Å². The van der Waals surface area contributed by atoms with Gasteiger partial charge < -0.3 is 15.8 Å². The molecular weight excluding hydrogens is 262 g/mol. The van der Waals surface area contributed by atoms with Crippen molar-refractivity contribution in [2.45, 2.75) is 6.04 Å². The van der Waals surface area contributed by atoms with Gasteiger partial charge in [-0.15, -0.1) is 0 Å². The van der Waals surface area contributed by atoms with E-state index in [4.69, 9.17) is 10.5 Å². The Kier molecular flexibility index (Phi) is 4.53. The Morgan fingerprint density at radius 3 is 2.60 bits per heavy atom. The van der Waals surface area contributed by atoms with Crippen molar-refractivity contribution < 1.29 is 13.5 Å². The predicted octanol–water partition coefficient (Wildman–Crippen LogP) is 3.09. The lowest BCUT2D eigenvalue weighted by molar-refractivity contribution is 0.416. The van der Waals surface area contributed by atoms with Crippen LogP contribution in [0.4, 0.5) is 14.5 Å². The fourth-order valence-electron chi connectivity index (χ4n) is 2.00. The molecule has 0 aliphatic carbocycles. The molecule has 0 aromatic heterocycles. The van der Waals surface area contributed by atoms with Crippen LogP contribution in [0.5, 0.6) is 5.75 Å². The van der Waals surface area contributed by atoms with Gasteiger partial charge in [0.2, 0.25) is 0 Å². The van der Waals surface area contributed by atoms with Gasteiger partial charge in [0, 0.05) is 12.1 Å². The fourth-order valence-corrected chi connectivity index (χ4v) is 2.00. The number of hydrogen-bond acceptors (Lipinski definition) is 3. The van der Waals surface area contributed by atoms with E-state index in [0.717, 1.165) is 6.07 Å². The van der Waals surface area contributed by atoms with Gasteiger partial charge in [0.05, 0.1) is 18.8 Å². The number of para-hydroxylation sites is 2. The standard InChI is InChI=1S/C15H16F2N2O/c1-20-14-8-3-2-7-12(14)19-13(9-18)10-5-4-6-11(16)15(10)17/h2-8,13,19H,9,18H2,1H3. The third-order valence-corrected chi connectivity index (χ3v) is 3.03. The number of methoxy groups -OCH3 is 1. The number of hydrogen-bond donors (Lipinski definition) is 2. The first-order valence-corrected chi connectivity index (χ1v) is 6.21. The SMILES string of the molecule is COc1ccccc1NC(CN)c1cccc(F)c1F. The van der Waals surface area contributed by atoms with Crippen LogP contribution in [0.1, 0.15) is 11.6 Å². The van der Waals surface area contributed by atoms with E-state index in [2.05, 4.69) is 5.32 Å². The summed E-state index contributed by atoms with van der Waals surface area (Å²) in [6.45, 7) is 0.123. The monoisotopic (exact) mass is 278 g/mol. The molecule has 5 heteroatoms. The first-order chi connectivity index (χ1) is 9.67. The maximum absolute atomic E-state index is 13.8. The normalized spacial score (nSPS) is 12.0. The minimum Gasteiger partial charge on any atom is -0.495 e. The van der Waals surface area contributed by atoms with E-state index in [9.17, 15) is 8.78 Å². The summed E-state index contributed by atoms with van der Waals surface area (Å²) in [4.78, 5) is 0. The van der Waals surface area contributed by atoms with Gasteiger partial charge in [0.25, 0.3) is 0 Å². The second kappa shape index (κ2) is 6.34. The molecule has 2 aromatic carbocycles. The molecule has 0 saturated heterocycles. The predicted molar refractivity (Wildman–Crippen MR) is 74.8 cm³/mol. The van der Waals surface area contributed by atoms with Gasteiger partial charge in [-0.2, -0.15) is 0 Å². The zero-order valence-electron chi connectivity index (χ0n) is 11.1. The van der Waals surface area contributed by atoms with Gasteiger partial charge >= 0.3 is 0 Å². The molecule has 2 rings (SSSR count). The van der Waals surface area contributed by atoms with Crippen molar-refractivity contribution in [3.05, 3.63) is 59.7 Å². The van der Waals surface area contributed by atoms with E-state index in [1.807, 2.05) is 12.1 Å². The van der Waals surface area contributed by atoms with Crippen molar-refractivity contribution in [1.82, 2.24) is 0 Å². The summed E-state index contributed by atoms with van der Waals surface area (Å²) in [6, 6.07) is 10.7. The molecule has 0 amide bonds. The second-order valence-electron chi connectivity index (χ2n) is 4.28. The Morgan fingerprint density at radius 2 is 1.90 bits per heavy atom. The van der Waals surface area contributed by atoms with Gasteiger partial charge in [0.15, 0.2) is 11.6 Å². The number of rotatable bonds is 5. The summed E-state index contributed by atoms with van der Waals surface area (Å²) < 4.78 is 32.3. The summed E-state index contributed by atoms with van der Waals surface area (Å²) in [5.41, 5.74) is 6.54. The lowest BCUT2D eigenvalue weighted by atomic mass is 10.1. The minimum absolute atomic E-state index is 0.123. The van der Waals surface area contributed by atoms with Crippen molar-refractivity contribution in [1.29, 1.82) is 0 Å². The number of halogens is 2. The van der Waals surface area contributed by atoms with Crippen LogP contribution in [0.25, 0.3) is 0 Å². The average molecular weight is 278 g/mol. The largest absolute Gasteiger partial charge is 0.495 e. The van der Waals surface area contributed by atoms with E-state index in [0.29, 0.717) is 11.4 Å². The molecule has 106 valence electrons. The molecule has 3 nitrogen and oxygen atoms in total. The van der Waals surface area contributed by atoms with Gasteiger partial charge in [-0.3, -0.25) is 0 Å².